The van der Waals surface area contributed by atoms with E-state index in [0.29, 0.717) is 17.7 Å². The van der Waals surface area contributed by atoms with E-state index in [-0.39, 0.29) is 12.7 Å². The summed E-state index contributed by atoms with van der Waals surface area (Å²) in [4.78, 5) is 0. The topological polar surface area (TPSA) is 52.6 Å². The molecule has 0 saturated heterocycles. The number of rotatable bonds is 3. The van der Waals surface area contributed by atoms with Crippen molar-refractivity contribution in [3.05, 3.63) is 29.3 Å². The van der Waals surface area contributed by atoms with Crippen LogP contribution in [-0.2, 0) is 25.9 Å². The SMILES string of the molecule is CS(=O)(=O)OCC12CC1Oc1ccc(C(F)(F)F)cc12. The Kier molecular flexibility index (Phi) is 2.66. The molecule has 0 N–H and O–H groups in total. The fraction of sp³-hybridized carbons (Fsp3) is 0.500. The van der Waals surface area contributed by atoms with Crippen LogP contribution in [0.1, 0.15) is 17.5 Å². The lowest BCUT2D eigenvalue weighted by atomic mass is 9.95. The van der Waals surface area contributed by atoms with E-state index in [2.05, 4.69) is 0 Å². The van der Waals surface area contributed by atoms with Crippen molar-refractivity contribution in [2.75, 3.05) is 12.9 Å². The van der Waals surface area contributed by atoms with Gasteiger partial charge in [0, 0.05) is 12.0 Å². The van der Waals surface area contributed by atoms with Crippen molar-refractivity contribution >= 4 is 10.1 Å². The van der Waals surface area contributed by atoms with Crippen molar-refractivity contribution in [2.45, 2.75) is 24.1 Å². The maximum Gasteiger partial charge on any atom is 0.416 e. The molecule has 8 heteroatoms. The molecule has 0 radical (unpaired) electrons. The third-order valence-electron chi connectivity index (χ3n) is 3.65. The molecule has 1 aliphatic heterocycles. The smallest absolute Gasteiger partial charge is 0.416 e. The Labute approximate surface area is 113 Å². The molecule has 3 rings (SSSR count). The number of hydrogen-bond donors (Lipinski definition) is 0. The van der Waals surface area contributed by atoms with E-state index in [1.165, 1.54) is 6.07 Å². The molecule has 4 nitrogen and oxygen atoms in total. The molecule has 0 aromatic heterocycles. The molecule has 20 heavy (non-hydrogen) atoms. The predicted octanol–water partition coefficient (Wildman–Crippen LogP) is 2.08. The van der Waals surface area contributed by atoms with Gasteiger partial charge in [0.1, 0.15) is 11.9 Å². The van der Waals surface area contributed by atoms with Crippen molar-refractivity contribution in [2.24, 2.45) is 0 Å². The second-order valence-corrected chi connectivity index (χ2v) is 6.79. The van der Waals surface area contributed by atoms with Crippen LogP contribution in [0.5, 0.6) is 5.75 Å². The first kappa shape index (κ1) is 13.7. The maximum atomic E-state index is 12.7. The minimum absolute atomic E-state index is 0.190. The lowest BCUT2D eigenvalue weighted by Crippen LogP contribution is -2.20. The highest BCUT2D eigenvalue weighted by Crippen LogP contribution is 2.59. The molecule has 0 bridgehead atoms. The van der Waals surface area contributed by atoms with E-state index in [0.717, 1.165) is 18.4 Å². The summed E-state index contributed by atoms with van der Waals surface area (Å²) >= 11 is 0. The van der Waals surface area contributed by atoms with Crippen LogP contribution in [-0.4, -0.2) is 27.4 Å². The summed E-state index contributed by atoms with van der Waals surface area (Å²) in [5, 5.41) is 0. The lowest BCUT2D eigenvalue weighted by molar-refractivity contribution is -0.137. The van der Waals surface area contributed by atoms with Gasteiger partial charge in [0.25, 0.3) is 10.1 Å². The highest BCUT2D eigenvalue weighted by Gasteiger charge is 2.64. The Morgan fingerprint density at radius 1 is 1.45 bits per heavy atom. The average molecular weight is 308 g/mol. The average Bonchev–Trinajstić information content (AvgIpc) is 2.92. The first-order chi connectivity index (χ1) is 9.12. The summed E-state index contributed by atoms with van der Waals surface area (Å²) in [6.45, 7) is -0.190. The molecule has 2 unspecified atom stereocenters. The molecule has 2 atom stereocenters. The lowest BCUT2D eigenvalue weighted by Gasteiger charge is -2.14. The third-order valence-corrected chi connectivity index (χ3v) is 4.19. The number of halogens is 3. The van der Waals surface area contributed by atoms with Crippen LogP contribution in [0.2, 0.25) is 0 Å². The number of fused-ring (bicyclic) bond motifs is 3. The zero-order valence-electron chi connectivity index (χ0n) is 10.4. The van der Waals surface area contributed by atoms with Gasteiger partial charge in [-0.2, -0.15) is 21.6 Å². The highest BCUT2D eigenvalue weighted by molar-refractivity contribution is 7.85. The van der Waals surface area contributed by atoms with E-state index < -0.39 is 27.3 Å². The van der Waals surface area contributed by atoms with Gasteiger partial charge in [-0.05, 0) is 18.2 Å². The summed E-state index contributed by atoms with van der Waals surface area (Å²) in [7, 11) is -3.64. The quantitative estimate of drug-likeness (QED) is 0.802. The molecule has 1 aliphatic carbocycles. The van der Waals surface area contributed by atoms with E-state index in [1.54, 1.807) is 0 Å². The predicted molar refractivity (Wildman–Crippen MR) is 63.0 cm³/mol. The van der Waals surface area contributed by atoms with Crippen molar-refractivity contribution in [1.29, 1.82) is 0 Å². The van der Waals surface area contributed by atoms with Gasteiger partial charge >= 0.3 is 6.18 Å². The Balaban J connectivity index is 1.94. The van der Waals surface area contributed by atoms with Gasteiger partial charge in [-0.25, -0.2) is 0 Å². The first-order valence-corrected chi connectivity index (χ1v) is 7.66. The number of ether oxygens (including phenoxy) is 1. The van der Waals surface area contributed by atoms with E-state index in [4.69, 9.17) is 8.92 Å². The Hall–Kier alpha value is -1.28. The van der Waals surface area contributed by atoms with Crippen LogP contribution in [0.25, 0.3) is 0 Å². The molecule has 1 aromatic carbocycles. The van der Waals surface area contributed by atoms with Gasteiger partial charge in [-0.15, -0.1) is 0 Å². The summed E-state index contributed by atoms with van der Waals surface area (Å²) in [5.74, 6) is 0.367. The van der Waals surface area contributed by atoms with Crippen molar-refractivity contribution in [1.82, 2.24) is 0 Å². The molecule has 2 aliphatic rings. The van der Waals surface area contributed by atoms with E-state index in [1.807, 2.05) is 0 Å². The highest BCUT2D eigenvalue weighted by atomic mass is 32.2. The van der Waals surface area contributed by atoms with Gasteiger partial charge in [-0.3, -0.25) is 4.18 Å². The van der Waals surface area contributed by atoms with Gasteiger partial charge in [0.2, 0.25) is 0 Å². The molecule has 110 valence electrons. The Morgan fingerprint density at radius 3 is 2.75 bits per heavy atom. The Morgan fingerprint density at radius 2 is 2.15 bits per heavy atom. The van der Waals surface area contributed by atoms with Crippen LogP contribution in [0.15, 0.2) is 18.2 Å². The largest absolute Gasteiger partial charge is 0.489 e. The maximum absolute atomic E-state index is 12.7. The zero-order chi connectivity index (χ0) is 14.8. The van der Waals surface area contributed by atoms with Gasteiger partial charge < -0.3 is 4.74 Å². The van der Waals surface area contributed by atoms with Crippen molar-refractivity contribution < 1.29 is 30.5 Å². The third kappa shape index (κ3) is 2.16. The molecule has 0 amide bonds. The zero-order valence-corrected chi connectivity index (χ0v) is 11.2. The summed E-state index contributed by atoms with van der Waals surface area (Å²) in [5.41, 5.74) is -1.16. The molecule has 1 heterocycles. The van der Waals surface area contributed by atoms with Crippen LogP contribution >= 0.6 is 0 Å². The fourth-order valence-electron chi connectivity index (χ4n) is 2.50. The van der Waals surface area contributed by atoms with Gasteiger partial charge in [-0.1, -0.05) is 0 Å². The summed E-state index contributed by atoms with van der Waals surface area (Å²) < 4.78 is 70.5. The first-order valence-electron chi connectivity index (χ1n) is 5.85. The standard InChI is InChI=1S/C12H11F3O4S/c1-20(16,17)18-6-11-5-10(11)19-9-3-2-7(4-8(9)11)12(13,14)15/h2-4,10H,5-6H2,1H3. The molecule has 1 aromatic rings. The summed E-state index contributed by atoms with van der Waals surface area (Å²) in [6.07, 6.45) is -3.37. The number of benzene rings is 1. The van der Waals surface area contributed by atoms with E-state index in [9.17, 15) is 21.6 Å². The number of hydrogen-bond acceptors (Lipinski definition) is 4. The molecule has 1 fully saturated rings. The van der Waals surface area contributed by atoms with Crippen LogP contribution in [0, 0.1) is 0 Å². The normalized spacial score (nSPS) is 27.7. The molecule has 0 spiro atoms. The monoisotopic (exact) mass is 308 g/mol. The van der Waals surface area contributed by atoms with Crippen LogP contribution in [0.4, 0.5) is 13.2 Å². The van der Waals surface area contributed by atoms with Crippen LogP contribution in [0.3, 0.4) is 0 Å². The second-order valence-electron chi connectivity index (χ2n) is 5.14. The molecule has 1 saturated carbocycles. The van der Waals surface area contributed by atoms with Gasteiger partial charge in [0.15, 0.2) is 0 Å². The van der Waals surface area contributed by atoms with Gasteiger partial charge in [0.05, 0.1) is 23.8 Å². The van der Waals surface area contributed by atoms with E-state index >= 15 is 0 Å². The minimum atomic E-state index is -4.44. The van der Waals surface area contributed by atoms with Crippen LogP contribution < -0.4 is 4.74 Å². The second kappa shape index (κ2) is 3.88. The molecular formula is C12H11F3O4S. The number of alkyl halides is 3. The van der Waals surface area contributed by atoms with Crippen molar-refractivity contribution in [3.63, 3.8) is 0 Å². The summed E-state index contributed by atoms with van der Waals surface area (Å²) in [6, 6.07) is 3.25. The Bertz CT molecular complexity index is 668. The van der Waals surface area contributed by atoms with Crippen molar-refractivity contribution in [3.8, 4) is 5.75 Å². The minimum Gasteiger partial charge on any atom is -0.489 e. The fourth-order valence-corrected chi connectivity index (χ4v) is 2.93. The molecular weight excluding hydrogens is 297 g/mol.